The Labute approximate surface area is 127 Å². The first-order valence-corrected chi connectivity index (χ1v) is 6.49. The Morgan fingerprint density at radius 3 is 2.48 bits per heavy atom. The molecule has 1 aromatic carbocycles. The maximum absolute atomic E-state index is 11.9. The summed E-state index contributed by atoms with van der Waals surface area (Å²) >= 11 is 4.90. The predicted molar refractivity (Wildman–Crippen MR) is 83.9 cm³/mol. The number of aryl methyl sites for hydroxylation is 1. The van der Waals surface area contributed by atoms with Gasteiger partial charge in [0, 0.05) is 12.6 Å². The molecule has 0 aliphatic rings. The van der Waals surface area contributed by atoms with Gasteiger partial charge < -0.3 is 15.2 Å². The van der Waals surface area contributed by atoms with Gasteiger partial charge in [-0.25, -0.2) is 4.68 Å². The highest BCUT2D eigenvalue weighted by atomic mass is 32.1. The van der Waals surface area contributed by atoms with Crippen molar-refractivity contribution in [2.45, 2.75) is 0 Å². The third-order valence-corrected chi connectivity index (χ3v) is 3.23. The lowest BCUT2D eigenvalue weighted by Gasteiger charge is -2.10. The zero-order valence-corrected chi connectivity index (χ0v) is 12.7. The Hall–Kier alpha value is -2.41. The van der Waals surface area contributed by atoms with Crippen molar-refractivity contribution >= 4 is 17.2 Å². The monoisotopic (exact) mass is 305 g/mol. The van der Waals surface area contributed by atoms with Crippen LogP contribution in [-0.4, -0.2) is 29.0 Å². The van der Waals surface area contributed by atoms with Gasteiger partial charge in [0.2, 0.25) is 0 Å². The highest BCUT2D eigenvalue weighted by molar-refractivity contribution is 7.80. The van der Waals surface area contributed by atoms with Crippen molar-refractivity contribution in [1.82, 2.24) is 9.78 Å². The summed E-state index contributed by atoms with van der Waals surface area (Å²) in [4.78, 5) is 11.9. The molecule has 1 aromatic heterocycles. The van der Waals surface area contributed by atoms with E-state index in [1.807, 2.05) is 6.07 Å². The zero-order valence-electron chi connectivity index (χ0n) is 11.9. The molecule has 6 nitrogen and oxygen atoms in total. The van der Waals surface area contributed by atoms with Gasteiger partial charge in [-0.15, -0.1) is 0 Å². The summed E-state index contributed by atoms with van der Waals surface area (Å²) in [5, 5.41) is 4.21. The minimum absolute atomic E-state index is 0.0414. The number of nitrogens with zero attached hydrogens (tertiary/aromatic N) is 2. The summed E-state index contributed by atoms with van der Waals surface area (Å²) in [6.07, 6.45) is 0. The van der Waals surface area contributed by atoms with Gasteiger partial charge in [0.15, 0.2) is 11.5 Å². The van der Waals surface area contributed by atoms with Crippen LogP contribution in [-0.2, 0) is 7.05 Å². The van der Waals surface area contributed by atoms with E-state index in [0.29, 0.717) is 17.2 Å². The minimum atomic E-state index is -0.327. The van der Waals surface area contributed by atoms with Crippen LogP contribution >= 0.6 is 12.2 Å². The molecule has 0 saturated heterocycles. The molecule has 0 saturated carbocycles. The summed E-state index contributed by atoms with van der Waals surface area (Å²) in [7, 11) is 4.66. The molecule has 0 atom stereocenters. The summed E-state index contributed by atoms with van der Waals surface area (Å²) in [5.41, 5.74) is 6.84. The normalized spacial score (nSPS) is 10.2. The van der Waals surface area contributed by atoms with E-state index < -0.39 is 0 Å². The number of methoxy groups -OCH3 is 2. The minimum Gasteiger partial charge on any atom is -0.493 e. The van der Waals surface area contributed by atoms with E-state index in [1.54, 1.807) is 39.5 Å². The lowest BCUT2D eigenvalue weighted by molar-refractivity contribution is 0.355. The lowest BCUT2D eigenvalue weighted by Crippen LogP contribution is -2.29. The van der Waals surface area contributed by atoms with Gasteiger partial charge in [-0.2, -0.15) is 5.10 Å². The van der Waals surface area contributed by atoms with Crippen LogP contribution in [0.25, 0.3) is 11.3 Å². The molecular formula is C14H15N3O3S. The average Bonchev–Trinajstić information content (AvgIpc) is 2.48. The van der Waals surface area contributed by atoms with Crippen molar-refractivity contribution in [1.29, 1.82) is 0 Å². The van der Waals surface area contributed by atoms with E-state index in [4.69, 9.17) is 27.4 Å². The van der Waals surface area contributed by atoms with E-state index in [-0.39, 0.29) is 16.1 Å². The quantitative estimate of drug-likeness (QED) is 0.852. The fraction of sp³-hybridized carbons (Fsp3) is 0.214. The SMILES string of the molecule is COc1ccc(-c2cc(C(N)=S)c(=O)n(C)n2)cc1OC. The summed E-state index contributed by atoms with van der Waals surface area (Å²) in [6, 6.07) is 6.93. The second-order valence-corrected chi connectivity index (χ2v) is 4.75. The molecule has 0 aliphatic carbocycles. The first-order valence-electron chi connectivity index (χ1n) is 6.08. The smallest absolute Gasteiger partial charge is 0.276 e. The summed E-state index contributed by atoms with van der Waals surface area (Å²) in [5.74, 6) is 1.18. The van der Waals surface area contributed by atoms with Gasteiger partial charge in [-0.1, -0.05) is 12.2 Å². The highest BCUT2D eigenvalue weighted by Crippen LogP contribution is 2.31. The second-order valence-electron chi connectivity index (χ2n) is 4.31. The van der Waals surface area contributed by atoms with Crippen molar-refractivity contribution in [3.63, 3.8) is 0 Å². The van der Waals surface area contributed by atoms with E-state index in [2.05, 4.69) is 5.10 Å². The third-order valence-electron chi connectivity index (χ3n) is 3.01. The number of hydrogen-bond donors (Lipinski definition) is 1. The highest BCUT2D eigenvalue weighted by Gasteiger charge is 2.12. The number of benzene rings is 1. The van der Waals surface area contributed by atoms with Crippen molar-refractivity contribution in [2.75, 3.05) is 14.2 Å². The number of aromatic nitrogens is 2. The Morgan fingerprint density at radius 1 is 1.24 bits per heavy atom. The Balaban J connectivity index is 2.62. The number of ether oxygens (including phenoxy) is 2. The van der Waals surface area contributed by atoms with Crippen LogP contribution in [0.5, 0.6) is 11.5 Å². The zero-order chi connectivity index (χ0) is 15.6. The predicted octanol–water partition coefficient (Wildman–Crippen LogP) is 1.10. The van der Waals surface area contributed by atoms with Crippen LogP contribution in [0.3, 0.4) is 0 Å². The molecule has 2 N–H and O–H groups in total. The standard InChI is InChI=1S/C14H15N3O3S/c1-17-14(18)9(13(15)21)7-10(16-17)8-4-5-11(19-2)12(6-8)20-3/h4-7H,1-3H3,(H2,15,21). The Kier molecular flexibility index (Phi) is 4.23. The van der Waals surface area contributed by atoms with Crippen LogP contribution in [0.1, 0.15) is 5.56 Å². The van der Waals surface area contributed by atoms with E-state index in [1.165, 1.54) is 4.68 Å². The van der Waals surface area contributed by atoms with Gasteiger partial charge in [-0.05, 0) is 24.3 Å². The molecule has 0 unspecified atom stereocenters. The summed E-state index contributed by atoms with van der Waals surface area (Å²) in [6.45, 7) is 0. The number of nitrogens with two attached hydrogens (primary N) is 1. The first kappa shape index (κ1) is 15.0. The van der Waals surface area contributed by atoms with Crippen molar-refractivity contribution in [2.24, 2.45) is 12.8 Å². The van der Waals surface area contributed by atoms with Crippen molar-refractivity contribution in [3.05, 3.63) is 40.2 Å². The molecule has 0 radical (unpaired) electrons. The van der Waals surface area contributed by atoms with Gasteiger partial charge in [0.1, 0.15) is 4.99 Å². The average molecular weight is 305 g/mol. The molecule has 2 rings (SSSR count). The molecule has 0 aliphatic heterocycles. The van der Waals surface area contributed by atoms with Crippen LogP contribution < -0.4 is 20.8 Å². The van der Waals surface area contributed by atoms with Gasteiger partial charge in [-0.3, -0.25) is 4.79 Å². The van der Waals surface area contributed by atoms with Crippen molar-refractivity contribution in [3.8, 4) is 22.8 Å². The Bertz CT molecular complexity index is 756. The molecule has 2 aromatic rings. The maximum Gasteiger partial charge on any atom is 0.276 e. The first-order chi connectivity index (χ1) is 9.97. The number of rotatable bonds is 4. The molecule has 21 heavy (non-hydrogen) atoms. The second kappa shape index (κ2) is 5.92. The van der Waals surface area contributed by atoms with Crippen LogP contribution in [0.15, 0.2) is 29.1 Å². The molecule has 7 heteroatoms. The fourth-order valence-electron chi connectivity index (χ4n) is 1.92. The third kappa shape index (κ3) is 2.87. The van der Waals surface area contributed by atoms with Gasteiger partial charge in [0.25, 0.3) is 5.56 Å². The Morgan fingerprint density at radius 2 is 1.90 bits per heavy atom. The van der Waals surface area contributed by atoms with Crippen LogP contribution in [0, 0.1) is 0 Å². The fourth-order valence-corrected chi connectivity index (χ4v) is 2.07. The van der Waals surface area contributed by atoms with E-state index in [9.17, 15) is 4.79 Å². The van der Waals surface area contributed by atoms with Crippen LogP contribution in [0.2, 0.25) is 0 Å². The number of hydrogen-bond acceptors (Lipinski definition) is 5. The molecule has 110 valence electrons. The largest absolute Gasteiger partial charge is 0.493 e. The topological polar surface area (TPSA) is 79.4 Å². The van der Waals surface area contributed by atoms with Crippen molar-refractivity contribution < 1.29 is 9.47 Å². The molecule has 0 bridgehead atoms. The van der Waals surface area contributed by atoms with Gasteiger partial charge in [0.05, 0.1) is 25.5 Å². The molecule has 0 spiro atoms. The maximum atomic E-state index is 11.9. The molecular weight excluding hydrogens is 290 g/mol. The molecule has 0 fully saturated rings. The van der Waals surface area contributed by atoms with Gasteiger partial charge >= 0.3 is 0 Å². The van der Waals surface area contributed by atoms with E-state index >= 15 is 0 Å². The van der Waals surface area contributed by atoms with Crippen LogP contribution in [0.4, 0.5) is 0 Å². The van der Waals surface area contributed by atoms with E-state index in [0.717, 1.165) is 5.56 Å². The number of thiocarbonyl (C=S) groups is 1. The lowest BCUT2D eigenvalue weighted by atomic mass is 10.1. The summed E-state index contributed by atoms with van der Waals surface area (Å²) < 4.78 is 11.7. The molecule has 1 heterocycles. The molecule has 0 amide bonds.